The van der Waals surface area contributed by atoms with E-state index in [0.29, 0.717) is 16.5 Å². The number of aromatic hydroxyl groups is 1. The van der Waals surface area contributed by atoms with E-state index in [4.69, 9.17) is 0 Å². The normalized spacial score (nSPS) is 11.6. The predicted octanol–water partition coefficient (Wildman–Crippen LogP) is 4.83. The number of rotatable bonds is 2. The number of aromatic nitrogens is 1. The summed E-state index contributed by atoms with van der Waals surface area (Å²) in [6.07, 6.45) is 1.53. The number of H-pyrrole nitrogens is 1. The second kappa shape index (κ2) is 5.33. The van der Waals surface area contributed by atoms with Gasteiger partial charge in [-0.15, -0.1) is 0 Å². The van der Waals surface area contributed by atoms with Gasteiger partial charge in [0.15, 0.2) is 5.88 Å². The summed E-state index contributed by atoms with van der Waals surface area (Å²) in [6.45, 7) is 1.99. The molecule has 0 fully saturated rings. The van der Waals surface area contributed by atoms with E-state index in [2.05, 4.69) is 25.9 Å². The van der Waals surface area contributed by atoms with Crippen molar-refractivity contribution in [3.63, 3.8) is 0 Å². The Hall–Kier alpha value is -2.14. The molecule has 21 heavy (non-hydrogen) atoms. The zero-order chi connectivity index (χ0) is 15.0. The van der Waals surface area contributed by atoms with Gasteiger partial charge in [0.1, 0.15) is 5.82 Å². The van der Waals surface area contributed by atoms with E-state index in [-0.39, 0.29) is 11.7 Å². The number of nitrogens with one attached hydrogen (secondary N) is 1. The van der Waals surface area contributed by atoms with Gasteiger partial charge in [-0.1, -0.05) is 22.0 Å². The third kappa shape index (κ3) is 2.69. The molecule has 2 aromatic carbocycles. The Morgan fingerprint density at radius 3 is 2.81 bits per heavy atom. The number of hydrogen-bond acceptors (Lipinski definition) is 2. The number of nitrogens with zero attached hydrogens (tertiary/aromatic N) is 1. The van der Waals surface area contributed by atoms with Crippen LogP contribution in [0.4, 0.5) is 10.1 Å². The number of aryl methyl sites for hydroxylation is 1. The van der Waals surface area contributed by atoms with E-state index in [1.54, 1.807) is 6.07 Å². The standard InChI is InChI=1S/C16H12BrFN2O/c1-9-2-4-11(7-14(9)17)19-8-13-12-6-10(18)3-5-15(12)20-16(13)21/h2-8,20-21H,1H3. The van der Waals surface area contributed by atoms with Gasteiger partial charge in [-0.2, -0.15) is 0 Å². The molecule has 0 aliphatic heterocycles. The van der Waals surface area contributed by atoms with E-state index in [0.717, 1.165) is 15.7 Å². The summed E-state index contributed by atoms with van der Waals surface area (Å²) in [4.78, 5) is 7.13. The summed E-state index contributed by atoms with van der Waals surface area (Å²) in [7, 11) is 0. The van der Waals surface area contributed by atoms with Gasteiger partial charge in [0.2, 0.25) is 0 Å². The quantitative estimate of drug-likeness (QED) is 0.641. The average Bonchev–Trinajstić information content (AvgIpc) is 2.75. The Bertz CT molecular complexity index is 855. The number of aliphatic imine (C=N–C) groups is 1. The van der Waals surface area contributed by atoms with Gasteiger partial charge >= 0.3 is 0 Å². The summed E-state index contributed by atoms with van der Waals surface area (Å²) >= 11 is 3.45. The third-order valence-electron chi connectivity index (χ3n) is 3.28. The summed E-state index contributed by atoms with van der Waals surface area (Å²) < 4.78 is 14.3. The SMILES string of the molecule is Cc1ccc(N=Cc2c(O)[nH]c3ccc(F)cc23)cc1Br. The van der Waals surface area contributed by atoms with E-state index < -0.39 is 0 Å². The molecule has 0 radical (unpaired) electrons. The maximum Gasteiger partial charge on any atom is 0.198 e. The molecule has 0 amide bonds. The van der Waals surface area contributed by atoms with E-state index in [1.807, 2.05) is 25.1 Å². The topological polar surface area (TPSA) is 48.4 Å². The van der Waals surface area contributed by atoms with Gasteiger partial charge in [-0.3, -0.25) is 4.99 Å². The van der Waals surface area contributed by atoms with Crippen LogP contribution in [0.2, 0.25) is 0 Å². The Labute approximate surface area is 129 Å². The molecule has 0 saturated heterocycles. The number of benzene rings is 2. The summed E-state index contributed by atoms with van der Waals surface area (Å²) in [6, 6.07) is 10.0. The van der Waals surface area contributed by atoms with Gasteiger partial charge in [0.05, 0.1) is 11.3 Å². The lowest BCUT2D eigenvalue weighted by molar-refractivity contribution is 0.457. The van der Waals surface area contributed by atoms with Gasteiger partial charge in [-0.25, -0.2) is 4.39 Å². The monoisotopic (exact) mass is 346 g/mol. The number of aromatic amines is 1. The lowest BCUT2D eigenvalue weighted by Gasteiger charge is -1.99. The van der Waals surface area contributed by atoms with Crippen LogP contribution in [0.25, 0.3) is 10.9 Å². The molecule has 0 aliphatic rings. The minimum absolute atomic E-state index is 0.0227. The maximum absolute atomic E-state index is 13.3. The van der Waals surface area contributed by atoms with Crippen molar-refractivity contribution in [2.75, 3.05) is 0 Å². The molecular weight excluding hydrogens is 335 g/mol. The van der Waals surface area contributed by atoms with Crippen molar-refractivity contribution in [1.29, 1.82) is 0 Å². The molecule has 0 aliphatic carbocycles. The molecule has 106 valence electrons. The fraction of sp³-hybridized carbons (Fsp3) is 0.0625. The molecule has 3 nitrogen and oxygen atoms in total. The fourth-order valence-electron chi connectivity index (χ4n) is 2.10. The average molecular weight is 347 g/mol. The van der Waals surface area contributed by atoms with Crippen LogP contribution in [0.15, 0.2) is 45.9 Å². The first-order valence-electron chi connectivity index (χ1n) is 6.35. The van der Waals surface area contributed by atoms with Gasteiger partial charge in [0.25, 0.3) is 0 Å². The molecule has 5 heteroatoms. The van der Waals surface area contributed by atoms with Crippen LogP contribution >= 0.6 is 15.9 Å². The maximum atomic E-state index is 13.3. The van der Waals surface area contributed by atoms with E-state index in [9.17, 15) is 9.50 Å². The number of halogens is 2. The first kappa shape index (κ1) is 13.8. The van der Waals surface area contributed by atoms with Crippen LogP contribution in [0.1, 0.15) is 11.1 Å². The Morgan fingerprint density at radius 1 is 1.24 bits per heavy atom. The highest BCUT2D eigenvalue weighted by Crippen LogP contribution is 2.28. The van der Waals surface area contributed by atoms with Crippen molar-refractivity contribution >= 4 is 38.7 Å². The second-order valence-corrected chi connectivity index (χ2v) is 5.62. The molecule has 0 unspecified atom stereocenters. The number of fused-ring (bicyclic) bond motifs is 1. The van der Waals surface area contributed by atoms with Crippen molar-refractivity contribution in [2.24, 2.45) is 4.99 Å². The lowest BCUT2D eigenvalue weighted by atomic mass is 10.2. The van der Waals surface area contributed by atoms with Gasteiger partial charge in [0, 0.05) is 21.6 Å². The molecule has 0 atom stereocenters. The van der Waals surface area contributed by atoms with Gasteiger partial charge in [-0.05, 0) is 42.8 Å². The Kier molecular flexibility index (Phi) is 3.51. The van der Waals surface area contributed by atoms with Crippen LogP contribution in [-0.2, 0) is 0 Å². The lowest BCUT2D eigenvalue weighted by Crippen LogP contribution is -1.81. The van der Waals surface area contributed by atoms with Crippen molar-refractivity contribution in [1.82, 2.24) is 4.98 Å². The first-order valence-corrected chi connectivity index (χ1v) is 7.14. The molecule has 3 aromatic rings. The van der Waals surface area contributed by atoms with Crippen molar-refractivity contribution in [3.05, 3.63) is 57.8 Å². The molecule has 0 bridgehead atoms. The van der Waals surface area contributed by atoms with Crippen LogP contribution in [0.5, 0.6) is 5.88 Å². The highest BCUT2D eigenvalue weighted by Gasteiger charge is 2.09. The van der Waals surface area contributed by atoms with Crippen LogP contribution in [0.3, 0.4) is 0 Å². The van der Waals surface area contributed by atoms with Crippen molar-refractivity contribution in [2.45, 2.75) is 6.92 Å². The van der Waals surface area contributed by atoms with E-state index in [1.165, 1.54) is 18.3 Å². The summed E-state index contributed by atoms with van der Waals surface area (Å²) in [5.41, 5.74) is 3.00. The summed E-state index contributed by atoms with van der Waals surface area (Å²) in [5, 5.41) is 10.5. The highest BCUT2D eigenvalue weighted by molar-refractivity contribution is 9.10. The minimum Gasteiger partial charge on any atom is -0.494 e. The predicted molar refractivity (Wildman–Crippen MR) is 86.1 cm³/mol. The van der Waals surface area contributed by atoms with Crippen LogP contribution in [0, 0.1) is 12.7 Å². The van der Waals surface area contributed by atoms with Crippen molar-refractivity contribution < 1.29 is 9.50 Å². The number of hydrogen-bond donors (Lipinski definition) is 2. The zero-order valence-electron chi connectivity index (χ0n) is 11.2. The Morgan fingerprint density at radius 2 is 2.05 bits per heavy atom. The highest BCUT2D eigenvalue weighted by atomic mass is 79.9. The van der Waals surface area contributed by atoms with Crippen LogP contribution in [-0.4, -0.2) is 16.3 Å². The Balaban J connectivity index is 2.04. The molecular formula is C16H12BrFN2O. The minimum atomic E-state index is -0.353. The molecule has 3 rings (SSSR count). The van der Waals surface area contributed by atoms with Gasteiger partial charge < -0.3 is 10.1 Å². The zero-order valence-corrected chi connectivity index (χ0v) is 12.8. The van der Waals surface area contributed by atoms with Crippen LogP contribution < -0.4 is 0 Å². The summed E-state index contributed by atoms with van der Waals surface area (Å²) in [5.74, 6) is -0.375. The molecule has 0 spiro atoms. The molecule has 1 aromatic heterocycles. The van der Waals surface area contributed by atoms with Crippen molar-refractivity contribution in [3.8, 4) is 5.88 Å². The largest absolute Gasteiger partial charge is 0.494 e. The molecule has 2 N–H and O–H groups in total. The smallest absolute Gasteiger partial charge is 0.198 e. The first-order chi connectivity index (χ1) is 10.0. The molecule has 1 heterocycles. The van der Waals surface area contributed by atoms with E-state index >= 15 is 0 Å². The second-order valence-electron chi connectivity index (χ2n) is 4.77. The third-order valence-corrected chi connectivity index (χ3v) is 4.13. The molecule has 0 saturated carbocycles. The fourth-order valence-corrected chi connectivity index (χ4v) is 2.47.